The maximum Gasteiger partial charge on any atom is 0.325 e. The highest BCUT2D eigenvalue weighted by Crippen LogP contribution is 2.39. The minimum Gasteiger partial charge on any atom is -0.459 e. The Morgan fingerprint density at radius 3 is 2.50 bits per heavy atom. The van der Waals surface area contributed by atoms with Crippen LogP contribution >= 0.6 is 11.3 Å². The molecule has 2 aromatic carbocycles. The first-order valence-corrected chi connectivity index (χ1v) is 14.2. The van der Waals surface area contributed by atoms with E-state index in [4.69, 9.17) is 14.6 Å². The molecule has 0 aliphatic carbocycles. The van der Waals surface area contributed by atoms with Crippen molar-refractivity contribution in [2.24, 2.45) is 17.0 Å². The summed E-state index contributed by atoms with van der Waals surface area (Å²) in [5.74, 6) is 0.0226. The highest BCUT2D eigenvalue weighted by molar-refractivity contribution is 7.86. The van der Waals surface area contributed by atoms with Crippen molar-refractivity contribution in [3.05, 3.63) is 54.1 Å². The summed E-state index contributed by atoms with van der Waals surface area (Å²) in [4.78, 5) is 19.7. The summed E-state index contributed by atoms with van der Waals surface area (Å²) < 4.78 is 38.1. The molecule has 11 heteroatoms. The second-order valence-corrected chi connectivity index (χ2v) is 12.9. The molecule has 3 unspecified atom stereocenters. The van der Waals surface area contributed by atoms with E-state index < -0.39 is 27.8 Å². The Bertz CT molecular complexity index is 1330. The zero-order chi connectivity index (χ0) is 25.7. The average Bonchev–Trinajstić information content (AvgIpc) is 3.45. The molecule has 36 heavy (non-hydrogen) atoms. The van der Waals surface area contributed by atoms with E-state index in [9.17, 15) is 13.2 Å². The van der Waals surface area contributed by atoms with Gasteiger partial charge >= 0.3 is 5.97 Å². The lowest BCUT2D eigenvalue weighted by atomic mass is 9.94. The fourth-order valence-corrected chi connectivity index (χ4v) is 6.85. The van der Waals surface area contributed by atoms with Gasteiger partial charge in [0.1, 0.15) is 17.4 Å². The normalized spacial score (nSPS) is 23.2. The van der Waals surface area contributed by atoms with Gasteiger partial charge in [-0.3, -0.25) is 9.69 Å². The Balaban J connectivity index is 1.24. The molecule has 2 saturated heterocycles. The molecule has 0 amide bonds. The molecule has 5 rings (SSSR count). The van der Waals surface area contributed by atoms with Crippen molar-refractivity contribution in [3.63, 3.8) is 0 Å². The predicted molar refractivity (Wildman–Crippen MR) is 138 cm³/mol. The lowest BCUT2D eigenvalue weighted by molar-refractivity contribution is -0.160. The average molecular weight is 531 g/mol. The van der Waals surface area contributed by atoms with Crippen LogP contribution in [0.4, 0.5) is 0 Å². The third-order valence-electron chi connectivity index (χ3n) is 6.48. The number of carbonyl (C=O) groups excluding carboxylic acids is 1. The highest BCUT2D eigenvalue weighted by Gasteiger charge is 2.54. The second kappa shape index (κ2) is 9.38. The molecule has 2 aliphatic heterocycles. The van der Waals surface area contributed by atoms with Gasteiger partial charge in [0, 0.05) is 32.1 Å². The number of para-hydroxylation sites is 1. The van der Waals surface area contributed by atoms with Crippen molar-refractivity contribution < 1.29 is 22.7 Å². The number of nitrogens with two attached hydrogens (primary N) is 1. The van der Waals surface area contributed by atoms with Gasteiger partial charge in [0.05, 0.1) is 10.2 Å². The molecule has 2 N–H and O–H groups in total. The van der Waals surface area contributed by atoms with Gasteiger partial charge < -0.3 is 9.47 Å². The Morgan fingerprint density at radius 1 is 1.11 bits per heavy atom. The number of ether oxygens (including phenoxy) is 2. The number of hydrogen-bond acceptors (Lipinski definition) is 8. The Morgan fingerprint density at radius 2 is 1.83 bits per heavy atom. The largest absolute Gasteiger partial charge is 0.459 e. The van der Waals surface area contributed by atoms with Crippen molar-refractivity contribution in [1.29, 1.82) is 0 Å². The number of likely N-dealkylation sites (tertiary alicyclic amines) is 1. The standard InChI is InChI=1S/C25H30N4O5S2/c1-25(2,3)34-23(30)22-19-15-28(13-17(19)14-29(22)36(26,31)32)12-16-8-10-18(11-9-16)33-24-27-20-6-4-5-7-21(20)35-24/h4-11,17,19,22H,12-15H2,1-3H3,(H2,26,31,32). The molecule has 0 saturated carbocycles. The van der Waals surface area contributed by atoms with Crippen LogP contribution in [0.15, 0.2) is 48.5 Å². The predicted octanol–water partition coefficient (Wildman–Crippen LogP) is 3.37. The summed E-state index contributed by atoms with van der Waals surface area (Å²) in [5, 5.41) is 6.05. The van der Waals surface area contributed by atoms with Crippen LogP contribution in [0.2, 0.25) is 0 Å². The van der Waals surface area contributed by atoms with E-state index in [1.165, 1.54) is 11.3 Å². The zero-order valence-electron chi connectivity index (χ0n) is 20.5. The van der Waals surface area contributed by atoms with Crippen LogP contribution in [0.1, 0.15) is 26.3 Å². The minimum atomic E-state index is -4.01. The molecule has 192 valence electrons. The number of nitrogens with zero attached hydrogens (tertiary/aromatic N) is 3. The Labute approximate surface area is 215 Å². The molecule has 0 spiro atoms. The van der Waals surface area contributed by atoms with Crippen LogP contribution in [0, 0.1) is 11.8 Å². The number of fused-ring (bicyclic) bond motifs is 2. The van der Waals surface area contributed by atoms with Gasteiger partial charge in [-0.25, -0.2) is 10.1 Å². The lowest BCUT2D eigenvalue weighted by Crippen LogP contribution is -2.49. The van der Waals surface area contributed by atoms with Crippen LogP contribution in [-0.2, 0) is 26.3 Å². The van der Waals surface area contributed by atoms with Gasteiger partial charge in [0.25, 0.3) is 15.4 Å². The number of benzene rings is 2. The fourth-order valence-electron chi connectivity index (χ4n) is 5.06. The highest BCUT2D eigenvalue weighted by atomic mass is 32.2. The van der Waals surface area contributed by atoms with Crippen LogP contribution in [0.3, 0.4) is 0 Å². The van der Waals surface area contributed by atoms with Crippen LogP contribution in [0.5, 0.6) is 10.9 Å². The van der Waals surface area contributed by atoms with E-state index in [2.05, 4.69) is 9.88 Å². The van der Waals surface area contributed by atoms with Gasteiger partial charge in [0.2, 0.25) is 0 Å². The van der Waals surface area contributed by atoms with Crippen molar-refractivity contribution in [1.82, 2.24) is 14.2 Å². The van der Waals surface area contributed by atoms with E-state index in [0.29, 0.717) is 30.6 Å². The van der Waals surface area contributed by atoms with E-state index in [1.807, 2.05) is 48.5 Å². The van der Waals surface area contributed by atoms with Crippen molar-refractivity contribution >= 4 is 37.7 Å². The molecule has 3 atom stereocenters. The fraction of sp³-hybridized carbons (Fsp3) is 0.440. The Hall–Kier alpha value is -2.57. The van der Waals surface area contributed by atoms with Gasteiger partial charge in [0.15, 0.2) is 0 Å². The summed E-state index contributed by atoms with van der Waals surface area (Å²) in [7, 11) is -4.01. The summed E-state index contributed by atoms with van der Waals surface area (Å²) in [6, 6.07) is 14.9. The molecular weight excluding hydrogens is 500 g/mol. The summed E-state index contributed by atoms with van der Waals surface area (Å²) in [6.07, 6.45) is 0. The van der Waals surface area contributed by atoms with Gasteiger partial charge in [-0.1, -0.05) is 35.6 Å². The first-order valence-electron chi connectivity index (χ1n) is 11.8. The number of aromatic nitrogens is 1. The first-order chi connectivity index (χ1) is 17.0. The first kappa shape index (κ1) is 25.1. The minimum absolute atomic E-state index is 0.0162. The van der Waals surface area contributed by atoms with Crippen molar-refractivity contribution in [2.45, 2.75) is 39.0 Å². The van der Waals surface area contributed by atoms with E-state index in [1.54, 1.807) is 20.8 Å². The summed E-state index contributed by atoms with van der Waals surface area (Å²) in [6.45, 7) is 7.48. The molecular formula is C25H30N4O5S2. The summed E-state index contributed by atoms with van der Waals surface area (Å²) in [5.41, 5.74) is 1.30. The quantitative estimate of drug-likeness (QED) is 0.486. The van der Waals surface area contributed by atoms with Crippen molar-refractivity contribution in [3.8, 4) is 10.9 Å². The topological polar surface area (TPSA) is 115 Å². The molecule has 2 fully saturated rings. The third kappa shape index (κ3) is 5.40. The Kier molecular flexibility index (Phi) is 6.54. The number of esters is 1. The van der Waals surface area contributed by atoms with Crippen LogP contribution in [0.25, 0.3) is 10.2 Å². The smallest absolute Gasteiger partial charge is 0.325 e. The second-order valence-electron chi connectivity index (χ2n) is 10.4. The lowest BCUT2D eigenvalue weighted by Gasteiger charge is -2.29. The van der Waals surface area contributed by atoms with Crippen LogP contribution in [-0.4, -0.2) is 59.9 Å². The third-order valence-corrected chi connectivity index (χ3v) is 8.43. The van der Waals surface area contributed by atoms with E-state index in [-0.39, 0.29) is 18.4 Å². The number of hydrogen-bond donors (Lipinski definition) is 1. The zero-order valence-corrected chi connectivity index (χ0v) is 22.1. The maximum absolute atomic E-state index is 12.9. The number of carbonyl (C=O) groups is 1. The van der Waals surface area contributed by atoms with Gasteiger partial charge in [-0.2, -0.15) is 12.7 Å². The van der Waals surface area contributed by atoms with E-state index in [0.717, 1.165) is 20.1 Å². The van der Waals surface area contributed by atoms with E-state index >= 15 is 0 Å². The monoisotopic (exact) mass is 530 g/mol. The molecule has 3 aromatic rings. The molecule has 9 nitrogen and oxygen atoms in total. The van der Waals surface area contributed by atoms with Gasteiger partial charge in [-0.15, -0.1) is 0 Å². The SMILES string of the molecule is CC(C)(C)OC(=O)C1C2CN(Cc3ccc(Oc4nc5ccccc5s4)cc3)CC2CN1S(N)(=O)=O. The summed E-state index contributed by atoms with van der Waals surface area (Å²) >= 11 is 1.50. The molecule has 3 heterocycles. The molecule has 2 aliphatic rings. The molecule has 1 aromatic heterocycles. The molecule has 0 radical (unpaired) electrons. The number of thiazole rings is 1. The number of rotatable bonds is 6. The van der Waals surface area contributed by atoms with Crippen molar-refractivity contribution in [2.75, 3.05) is 19.6 Å². The van der Waals surface area contributed by atoms with Gasteiger partial charge in [-0.05, 0) is 56.5 Å². The van der Waals surface area contributed by atoms with Crippen LogP contribution < -0.4 is 9.88 Å². The maximum atomic E-state index is 12.9. The molecule has 0 bridgehead atoms.